The summed E-state index contributed by atoms with van der Waals surface area (Å²) in [5.41, 5.74) is 2.05. The molecule has 1 N–H and O–H groups in total. The number of hydrogen-bond donors (Lipinski definition) is 1. The van der Waals surface area contributed by atoms with Crippen molar-refractivity contribution in [3.63, 3.8) is 0 Å². The van der Waals surface area contributed by atoms with Crippen LogP contribution in [0.1, 0.15) is 0 Å². The molecule has 0 atom stereocenters. The molecule has 1 aliphatic heterocycles. The molecule has 0 bridgehead atoms. The van der Waals surface area contributed by atoms with Crippen molar-refractivity contribution < 1.29 is 9.63 Å². The second-order valence-corrected chi connectivity index (χ2v) is 5.76. The van der Waals surface area contributed by atoms with Crippen LogP contribution in [-0.2, 0) is 0 Å². The SMILES string of the molecule is Oc1ccc(-c2nc(N3CCN(c4ccccc4)CC3)no2)cc1. The molecule has 6 nitrogen and oxygen atoms in total. The second-order valence-electron chi connectivity index (χ2n) is 5.76. The van der Waals surface area contributed by atoms with E-state index in [1.54, 1.807) is 24.3 Å². The number of aromatic nitrogens is 2. The monoisotopic (exact) mass is 322 g/mol. The van der Waals surface area contributed by atoms with Crippen molar-refractivity contribution in [3.8, 4) is 17.2 Å². The molecule has 1 saturated heterocycles. The smallest absolute Gasteiger partial charge is 0.266 e. The van der Waals surface area contributed by atoms with Crippen LogP contribution in [0.3, 0.4) is 0 Å². The lowest BCUT2D eigenvalue weighted by Gasteiger charge is -2.35. The lowest BCUT2D eigenvalue weighted by atomic mass is 10.2. The summed E-state index contributed by atoms with van der Waals surface area (Å²) in [6, 6.07) is 17.2. The van der Waals surface area contributed by atoms with Crippen LogP contribution in [0.25, 0.3) is 11.5 Å². The zero-order valence-corrected chi connectivity index (χ0v) is 13.2. The van der Waals surface area contributed by atoms with E-state index in [1.807, 2.05) is 6.07 Å². The summed E-state index contributed by atoms with van der Waals surface area (Å²) < 4.78 is 5.36. The highest BCUT2D eigenvalue weighted by atomic mass is 16.5. The number of para-hydroxylation sites is 1. The van der Waals surface area contributed by atoms with Crippen molar-refractivity contribution in [1.29, 1.82) is 0 Å². The first-order chi connectivity index (χ1) is 11.8. The topological polar surface area (TPSA) is 65.6 Å². The van der Waals surface area contributed by atoms with E-state index >= 15 is 0 Å². The first kappa shape index (κ1) is 14.6. The van der Waals surface area contributed by atoms with Gasteiger partial charge in [0.05, 0.1) is 0 Å². The van der Waals surface area contributed by atoms with Crippen molar-refractivity contribution in [2.75, 3.05) is 36.0 Å². The number of rotatable bonds is 3. The summed E-state index contributed by atoms with van der Waals surface area (Å²) in [5, 5.41) is 13.4. The average molecular weight is 322 g/mol. The number of anilines is 2. The Balaban J connectivity index is 1.44. The summed E-state index contributed by atoms with van der Waals surface area (Å²) in [7, 11) is 0. The molecule has 0 spiro atoms. The molecule has 6 heteroatoms. The van der Waals surface area contributed by atoms with Gasteiger partial charge in [-0.25, -0.2) is 0 Å². The maximum absolute atomic E-state index is 9.35. The Morgan fingerprint density at radius 2 is 1.50 bits per heavy atom. The van der Waals surface area contributed by atoms with Gasteiger partial charge in [-0.05, 0) is 41.6 Å². The molecule has 24 heavy (non-hydrogen) atoms. The van der Waals surface area contributed by atoms with Crippen molar-refractivity contribution in [2.45, 2.75) is 0 Å². The van der Waals surface area contributed by atoms with E-state index in [4.69, 9.17) is 4.52 Å². The average Bonchev–Trinajstić information content (AvgIpc) is 3.13. The predicted octanol–water partition coefficient (Wildman–Crippen LogP) is 2.77. The van der Waals surface area contributed by atoms with Crippen LogP contribution in [0.15, 0.2) is 59.1 Å². The Morgan fingerprint density at radius 1 is 0.833 bits per heavy atom. The summed E-state index contributed by atoms with van der Waals surface area (Å²) in [5.74, 6) is 1.30. The molecule has 1 aromatic heterocycles. The van der Waals surface area contributed by atoms with Crippen LogP contribution < -0.4 is 9.80 Å². The molecule has 0 radical (unpaired) electrons. The van der Waals surface area contributed by atoms with Gasteiger partial charge < -0.3 is 19.4 Å². The van der Waals surface area contributed by atoms with E-state index in [-0.39, 0.29) is 5.75 Å². The summed E-state index contributed by atoms with van der Waals surface area (Å²) in [6.07, 6.45) is 0. The molecule has 4 rings (SSSR count). The summed E-state index contributed by atoms with van der Waals surface area (Å²) >= 11 is 0. The molecule has 1 fully saturated rings. The highest BCUT2D eigenvalue weighted by molar-refractivity contribution is 5.56. The third-order valence-corrected chi connectivity index (χ3v) is 4.21. The zero-order valence-electron chi connectivity index (χ0n) is 13.2. The molecule has 0 aliphatic carbocycles. The van der Waals surface area contributed by atoms with Gasteiger partial charge >= 0.3 is 0 Å². The highest BCUT2D eigenvalue weighted by Gasteiger charge is 2.21. The third kappa shape index (κ3) is 2.90. The van der Waals surface area contributed by atoms with Crippen LogP contribution in [0.4, 0.5) is 11.6 Å². The molecular formula is C18H18N4O2. The summed E-state index contributed by atoms with van der Waals surface area (Å²) in [6.45, 7) is 3.55. The second kappa shape index (κ2) is 6.23. The number of aromatic hydroxyl groups is 1. The fraction of sp³-hybridized carbons (Fsp3) is 0.222. The van der Waals surface area contributed by atoms with Gasteiger partial charge in [-0.3, -0.25) is 0 Å². The molecule has 0 saturated carbocycles. The first-order valence-corrected chi connectivity index (χ1v) is 7.98. The lowest BCUT2D eigenvalue weighted by Crippen LogP contribution is -2.46. The van der Waals surface area contributed by atoms with Gasteiger partial charge in [-0.15, -0.1) is 0 Å². The van der Waals surface area contributed by atoms with Crippen molar-refractivity contribution >= 4 is 11.6 Å². The fourth-order valence-corrected chi connectivity index (χ4v) is 2.87. The lowest BCUT2D eigenvalue weighted by molar-refractivity contribution is 0.428. The Morgan fingerprint density at radius 3 is 2.21 bits per heavy atom. The van der Waals surface area contributed by atoms with Crippen LogP contribution in [0, 0.1) is 0 Å². The number of hydrogen-bond acceptors (Lipinski definition) is 6. The number of nitrogens with zero attached hydrogens (tertiary/aromatic N) is 4. The first-order valence-electron chi connectivity index (χ1n) is 7.98. The third-order valence-electron chi connectivity index (χ3n) is 4.21. The normalized spacial score (nSPS) is 14.8. The summed E-state index contributed by atoms with van der Waals surface area (Å²) in [4.78, 5) is 8.97. The molecule has 0 unspecified atom stereocenters. The van der Waals surface area contributed by atoms with Gasteiger partial charge in [-0.1, -0.05) is 18.2 Å². The van der Waals surface area contributed by atoms with Crippen LogP contribution in [-0.4, -0.2) is 41.4 Å². The van der Waals surface area contributed by atoms with E-state index in [9.17, 15) is 5.11 Å². The van der Waals surface area contributed by atoms with Gasteiger partial charge in [0.2, 0.25) is 0 Å². The Bertz CT molecular complexity index is 793. The van der Waals surface area contributed by atoms with E-state index in [1.165, 1.54) is 5.69 Å². The molecule has 122 valence electrons. The van der Waals surface area contributed by atoms with Crippen molar-refractivity contribution in [3.05, 3.63) is 54.6 Å². The van der Waals surface area contributed by atoms with Crippen LogP contribution >= 0.6 is 0 Å². The van der Waals surface area contributed by atoms with Gasteiger partial charge in [0.25, 0.3) is 11.8 Å². The number of phenols is 1. The Hall–Kier alpha value is -3.02. The van der Waals surface area contributed by atoms with Gasteiger partial charge in [0, 0.05) is 37.4 Å². The molecule has 0 amide bonds. The van der Waals surface area contributed by atoms with E-state index in [0.29, 0.717) is 11.8 Å². The highest BCUT2D eigenvalue weighted by Crippen LogP contribution is 2.23. The molecular weight excluding hydrogens is 304 g/mol. The van der Waals surface area contributed by atoms with Crippen molar-refractivity contribution in [1.82, 2.24) is 10.1 Å². The maximum atomic E-state index is 9.35. The molecule has 3 aromatic rings. The minimum atomic E-state index is 0.218. The van der Waals surface area contributed by atoms with Gasteiger partial charge in [0.1, 0.15) is 5.75 Å². The van der Waals surface area contributed by atoms with E-state index in [0.717, 1.165) is 31.7 Å². The number of phenolic OH excluding ortho intramolecular Hbond substituents is 1. The fourth-order valence-electron chi connectivity index (χ4n) is 2.87. The molecule has 1 aliphatic rings. The quantitative estimate of drug-likeness (QED) is 0.800. The molecule has 2 heterocycles. The van der Waals surface area contributed by atoms with Crippen LogP contribution in [0.2, 0.25) is 0 Å². The maximum Gasteiger partial charge on any atom is 0.266 e. The zero-order chi connectivity index (χ0) is 16.4. The van der Waals surface area contributed by atoms with Crippen LogP contribution in [0.5, 0.6) is 5.75 Å². The largest absolute Gasteiger partial charge is 0.508 e. The number of benzene rings is 2. The Kier molecular flexibility index (Phi) is 3.78. The minimum absolute atomic E-state index is 0.218. The predicted molar refractivity (Wildman–Crippen MR) is 92.3 cm³/mol. The molecule has 2 aromatic carbocycles. The van der Waals surface area contributed by atoms with E-state index in [2.05, 4.69) is 44.2 Å². The van der Waals surface area contributed by atoms with Gasteiger partial charge in [0.15, 0.2) is 0 Å². The Labute approximate surface area is 139 Å². The van der Waals surface area contributed by atoms with Gasteiger partial charge in [-0.2, -0.15) is 4.98 Å². The standard InChI is InChI=1S/C18H18N4O2/c23-16-8-6-14(7-9-16)17-19-18(20-24-17)22-12-10-21(11-13-22)15-4-2-1-3-5-15/h1-9,23H,10-13H2. The van der Waals surface area contributed by atoms with E-state index < -0.39 is 0 Å². The number of piperazine rings is 1. The van der Waals surface area contributed by atoms with Crippen molar-refractivity contribution in [2.24, 2.45) is 0 Å². The minimum Gasteiger partial charge on any atom is -0.508 e.